The number of aromatic hydroxyl groups is 1. The Morgan fingerprint density at radius 3 is 2.10 bits per heavy atom. The molecule has 2 atom stereocenters. The molecule has 2 heterocycles. The summed E-state index contributed by atoms with van der Waals surface area (Å²) >= 11 is 0. The SMILES string of the molecule is CCCCC1(CCCC)[C@@H]2C[C@@](CCCC)(CN2Cc2ccc(O)cc2)N1C(=O)O. The third kappa shape index (κ3) is 4.18. The Morgan fingerprint density at radius 2 is 1.57 bits per heavy atom. The van der Waals surface area contributed by atoms with Gasteiger partial charge in [0.2, 0.25) is 0 Å². The number of rotatable bonds is 11. The topological polar surface area (TPSA) is 64.0 Å². The summed E-state index contributed by atoms with van der Waals surface area (Å²) in [6.07, 6.45) is 9.61. The van der Waals surface area contributed by atoms with Crippen LogP contribution in [-0.2, 0) is 6.54 Å². The Labute approximate surface area is 182 Å². The highest BCUT2D eigenvalue weighted by molar-refractivity contribution is 5.69. The third-order valence-electron chi connectivity index (χ3n) is 7.49. The van der Waals surface area contributed by atoms with Gasteiger partial charge >= 0.3 is 6.09 Å². The summed E-state index contributed by atoms with van der Waals surface area (Å²) in [5.74, 6) is 0.290. The maximum Gasteiger partial charge on any atom is 0.408 e. The number of carboxylic acid groups (broad SMARTS) is 1. The second-order valence-corrected chi connectivity index (χ2v) is 9.55. The minimum Gasteiger partial charge on any atom is -0.508 e. The summed E-state index contributed by atoms with van der Waals surface area (Å²) in [6.45, 7) is 8.25. The molecule has 1 aromatic rings. The minimum atomic E-state index is -0.718. The first-order valence-electron chi connectivity index (χ1n) is 12.0. The molecule has 30 heavy (non-hydrogen) atoms. The molecule has 0 spiro atoms. The molecule has 2 bridgehead atoms. The van der Waals surface area contributed by atoms with Gasteiger partial charge in [-0.2, -0.15) is 0 Å². The molecule has 5 nitrogen and oxygen atoms in total. The van der Waals surface area contributed by atoms with Crippen molar-refractivity contribution in [2.24, 2.45) is 0 Å². The second kappa shape index (κ2) is 9.59. The van der Waals surface area contributed by atoms with Crippen molar-refractivity contribution in [2.45, 2.75) is 109 Å². The van der Waals surface area contributed by atoms with Gasteiger partial charge in [-0.05, 0) is 43.4 Å². The molecule has 0 aliphatic carbocycles. The summed E-state index contributed by atoms with van der Waals surface area (Å²) in [6, 6.07) is 7.77. The van der Waals surface area contributed by atoms with Gasteiger partial charge in [0.1, 0.15) is 5.75 Å². The van der Waals surface area contributed by atoms with Crippen LogP contribution in [0.4, 0.5) is 4.79 Å². The monoisotopic (exact) mass is 416 g/mol. The van der Waals surface area contributed by atoms with E-state index in [0.29, 0.717) is 5.75 Å². The molecule has 3 rings (SSSR count). The number of phenols is 1. The lowest BCUT2D eigenvalue weighted by molar-refractivity contribution is -0.0486. The maximum atomic E-state index is 12.7. The zero-order chi connectivity index (χ0) is 21.8. The van der Waals surface area contributed by atoms with Crippen LogP contribution in [0.1, 0.15) is 90.5 Å². The summed E-state index contributed by atoms with van der Waals surface area (Å²) in [7, 11) is 0. The number of unbranched alkanes of at least 4 members (excludes halogenated alkanes) is 3. The van der Waals surface area contributed by atoms with Gasteiger partial charge in [0, 0.05) is 19.1 Å². The standard InChI is InChI=1S/C25H40N2O3/c1-4-7-14-24-17-22(26(19-24)18-20-10-12-21(28)13-11-20)25(15-8-5-2,16-9-6-3)27(24)23(29)30/h10-13,22,28H,4-9,14-19H2,1-3H3,(H,29,30)/t22-,24-/m0/s1. The number of amides is 1. The Morgan fingerprint density at radius 1 is 1.00 bits per heavy atom. The van der Waals surface area contributed by atoms with Crippen molar-refractivity contribution in [3.05, 3.63) is 29.8 Å². The van der Waals surface area contributed by atoms with E-state index in [1.54, 1.807) is 12.1 Å². The Bertz CT molecular complexity index is 697. The molecule has 5 heteroatoms. The van der Waals surface area contributed by atoms with Crippen LogP contribution in [-0.4, -0.2) is 49.8 Å². The van der Waals surface area contributed by atoms with Crippen molar-refractivity contribution < 1.29 is 15.0 Å². The van der Waals surface area contributed by atoms with Crippen molar-refractivity contribution in [2.75, 3.05) is 6.54 Å². The van der Waals surface area contributed by atoms with Crippen molar-refractivity contribution in [3.63, 3.8) is 0 Å². The number of phenolic OH excluding ortho intramolecular Hbond substituents is 1. The van der Waals surface area contributed by atoms with Gasteiger partial charge in [0.25, 0.3) is 0 Å². The number of benzene rings is 1. The lowest BCUT2D eigenvalue weighted by atomic mass is 9.80. The quantitative estimate of drug-likeness (QED) is 0.464. The van der Waals surface area contributed by atoms with E-state index in [-0.39, 0.29) is 17.1 Å². The van der Waals surface area contributed by atoms with E-state index < -0.39 is 6.09 Å². The fourth-order valence-corrected chi connectivity index (χ4v) is 6.20. The second-order valence-electron chi connectivity index (χ2n) is 9.55. The van der Waals surface area contributed by atoms with Crippen LogP contribution in [0.15, 0.2) is 24.3 Å². The lowest BCUT2D eigenvalue weighted by Crippen LogP contribution is -2.67. The lowest BCUT2D eigenvalue weighted by Gasteiger charge is -2.54. The molecule has 2 saturated heterocycles. The molecule has 1 amide bonds. The van der Waals surface area contributed by atoms with Crippen molar-refractivity contribution in [1.29, 1.82) is 0 Å². The number of carbonyl (C=O) groups is 1. The summed E-state index contributed by atoms with van der Waals surface area (Å²) in [5, 5.41) is 20.1. The fraction of sp³-hybridized carbons (Fsp3) is 0.720. The highest BCUT2D eigenvalue weighted by Gasteiger charge is 2.67. The molecule has 168 valence electrons. The van der Waals surface area contributed by atoms with Gasteiger partial charge in [-0.25, -0.2) is 4.79 Å². The highest BCUT2D eigenvalue weighted by Crippen LogP contribution is 2.56. The third-order valence-corrected chi connectivity index (χ3v) is 7.49. The molecule has 2 aliphatic rings. The minimum absolute atomic E-state index is 0.259. The highest BCUT2D eigenvalue weighted by atomic mass is 16.4. The van der Waals surface area contributed by atoms with Crippen LogP contribution in [0.5, 0.6) is 5.75 Å². The number of nitrogens with zero attached hydrogens (tertiary/aromatic N) is 2. The van der Waals surface area contributed by atoms with E-state index in [2.05, 4.69) is 25.7 Å². The predicted molar refractivity (Wildman–Crippen MR) is 121 cm³/mol. The number of hydrogen-bond acceptors (Lipinski definition) is 3. The molecular weight excluding hydrogens is 376 g/mol. The Kier molecular flexibility index (Phi) is 7.33. The van der Waals surface area contributed by atoms with Gasteiger partial charge in [0.15, 0.2) is 0 Å². The van der Waals surface area contributed by atoms with Gasteiger partial charge in [-0.1, -0.05) is 71.4 Å². The van der Waals surface area contributed by atoms with Crippen LogP contribution in [0.25, 0.3) is 0 Å². The number of hydrogen-bond donors (Lipinski definition) is 2. The van der Waals surface area contributed by atoms with Gasteiger partial charge < -0.3 is 10.2 Å². The normalized spacial score (nSPS) is 25.2. The molecule has 0 aromatic heterocycles. The van der Waals surface area contributed by atoms with E-state index >= 15 is 0 Å². The van der Waals surface area contributed by atoms with Crippen molar-refractivity contribution in [3.8, 4) is 5.75 Å². The first-order valence-corrected chi connectivity index (χ1v) is 12.0. The largest absolute Gasteiger partial charge is 0.508 e. The first-order chi connectivity index (χ1) is 14.4. The first kappa shape index (κ1) is 22.9. The van der Waals surface area contributed by atoms with Crippen LogP contribution in [0.3, 0.4) is 0 Å². The zero-order valence-corrected chi connectivity index (χ0v) is 19.1. The van der Waals surface area contributed by atoms with E-state index in [1.165, 1.54) is 5.56 Å². The summed E-state index contributed by atoms with van der Waals surface area (Å²) in [4.78, 5) is 17.2. The van der Waals surface area contributed by atoms with E-state index in [9.17, 15) is 15.0 Å². The zero-order valence-electron chi connectivity index (χ0n) is 19.1. The van der Waals surface area contributed by atoms with Crippen LogP contribution in [0, 0.1) is 0 Å². The molecule has 0 saturated carbocycles. The van der Waals surface area contributed by atoms with Gasteiger partial charge in [0.05, 0.1) is 11.1 Å². The maximum absolute atomic E-state index is 12.7. The van der Waals surface area contributed by atoms with Crippen molar-refractivity contribution >= 4 is 6.09 Å². The molecule has 0 unspecified atom stereocenters. The van der Waals surface area contributed by atoms with Gasteiger partial charge in [-0.15, -0.1) is 0 Å². The van der Waals surface area contributed by atoms with Crippen LogP contribution in [0.2, 0.25) is 0 Å². The van der Waals surface area contributed by atoms with Crippen LogP contribution >= 0.6 is 0 Å². The molecule has 0 radical (unpaired) electrons. The predicted octanol–water partition coefficient (Wildman–Crippen LogP) is 6.01. The summed E-state index contributed by atoms with van der Waals surface area (Å²) in [5.41, 5.74) is 0.652. The average Bonchev–Trinajstić information content (AvgIpc) is 3.22. The van der Waals surface area contributed by atoms with Gasteiger partial charge in [-0.3, -0.25) is 9.80 Å². The number of likely N-dealkylation sites (tertiary alicyclic amines) is 2. The number of fused-ring (bicyclic) bond motifs is 2. The van der Waals surface area contributed by atoms with E-state index in [0.717, 1.165) is 77.3 Å². The molecular formula is C25H40N2O3. The molecule has 2 N–H and O–H groups in total. The Hall–Kier alpha value is -1.75. The molecule has 2 aliphatic heterocycles. The van der Waals surface area contributed by atoms with Crippen molar-refractivity contribution in [1.82, 2.24) is 9.80 Å². The van der Waals surface area contributed by atoms with Crippen LogP contribution < -0.4 is 0 Å². The average molecular weight is 417 g/mol. The molecule has 1 aromatic carbocycles. The van der Waals surface area contributed by atoms with E-state index in [1.807, 2.05) is 17.0 Å². The molecule has 2 fully saturated rings. The Balaban J connectivity index is 1.98. The number of piperazine rings is 1. The smallest absolute Gasteiger partial charge is 0.408 e. The summed E-state index contributed by atoms with van der Waals surface area (Å²) < 4.78 is 0. The van der Waals surface area contributed by atoms with E-state index in [4.69, 9.17) is 0 Å². The fourth-order valence-electron chi connectivity index (χ4n) is 6.20.